The van der Waals surface area contributed by atoms with E-state index in [0.717, 1.165) is 18.6 Å². The van der Waals surface area contributed by atoms with E-state index >= 15 is 0 Å². The molecule has 0 unspecified atom stereocenters. The van der Waals surface area contributed by atoms with Gasteiger partial charge >= 0.3 is 6.09 Å². The Morgan fingerprint density at radius 3 is 2.46 bits per heavy atom. The van der Waals surface area contributed by atoms with E-state index in [9.17, 15) is 4.79 Å². The Balaban J connectivity index is 2.04. The van der Waals surface area contributed by atoms with Crippen LogP contribution in [0, 0.1) is 6.92 Å². The number of carbonyl (C=O) groups excluding carboxylic acids is 1. The van der Waals surface area contributed by atoms with E-state index < -0.39 is 5.60 Å². The van der Waals surface area contributed by atoms with Gasteiger partial charge in [0.1, 0.15) is 11.4 Å². The van der Waals surface area contributed by atoms with Gasteiger partial charge in [0.2, 0.25) is 0 Å². The Labute approximate surface area is 145 Å². The zero-order valence-corrected chi connectivity index (χ0v) is 15.5. The Morgan fingerprint density at radius 1 is 1.29 bits per heavy atom. The van der Waals surface area contributed by atoms with Gasteiger partial charge in [-0.3, -0.25) is 0 Å². The number of benzene rings is 1. The monoisotopic (exact) mass is 334 g/mol. The minimum atomic E-state index is -0.451. The van der Waals surface area contributed by atoms with Crippen molar-refractivity contribution in [1.82, 2.24) is 4.90 Å². The van der Waals surface area contributed by atoms with Gasteiger partial charge in [0.15, 0.2) is 0 Å². The molecule has 0 spiro atoms. The summed E-state index contributed by atoms with van der Waals surface area (Å²) in [5.41, 5.74) is 8.73. The van der Waals surface area contributed by atoms with Crippen molar-refractivity contribution in [3.63, 3.8) is 0 Å². The predicted molar refractivity (Wildman–Crippen MR) is 96.5 cm³/mol. The number of nitrogens with two attached hydrogens (primary N) is 1. The minimum absolute atomic E-state index is 0.218. The second-order valence-electron chi connectivity index (χ2n) is 7.42. The summed E-state index contributed by atoms with van der Waals surface area (Å²) >= 11 is 0. The van der Waals surface area contributed by atoms with Gasteiger partial charge in [-0.05, 0) is 76.6 Å². The predicted octanol–water partition coefficient (Wildman–Crippen LogP) is 4.09. The summed E-state index contributed by atoms with van der Waals surface area (Å²) in [6.45, 7) is 11.8. The van der Waals surface area contributed by atoms with Gasteiger partial charge in [-0.25, -0.2) is 4.79 Å². The van der Waals surface area contributed by atoms with Crippen molar-refractivity contribution in [1.29, 1.82) is 0 Å². The molecule has 134 valence electrons. The molecule has 1 aliphatic rings. The molecule has 1 aromatic rings. The van der Waals surface area contributed by atoms with Crippen LogP contribution in [0.4, 0.5) is 10.5 Å². The van der Waals surface area contributed by atoms with Crippen LogP contribution in [-0.2, 0) is 4.74 Å². The highest BCUT2D eigenvalue weighted by atomic mass is 16.6. The summed E-state index contributed by atoms with van der Waals surface area (Å²) in [6.07, 6.45) is 1.63. The largest absolute Gasteiger partial charge is 0.492 e. The molecular weight excluding hydrogens is 304 g/mol. The van der Waals surface area contributed by atoms with Gasteiger partial charge in [0.25, 0.3) is 0 Å². The number of nitrogen functional groups attached to an aromatic ring is 1. The molecule has 2 rings (SSSR count). The molecule has 0 saturated carbocycles. The van der Waals surface area contributed by atoms with E-state index in [1.54, 1.807) is 4.90 Å². The van der Waals surface area contributed by atoms with Crippen LogP contribution in [0.15, 0.2) is 12.1 Å². The van der Waals surface area contributed by atoms with Gasteiger partial charge in [0.05, 0.1) is 12.3 Å². The molecule has 1 saturated heterocycles. The number of anilines is 1. The summed E-state index contributed by atoms with van der Waals surface area (Å²) in [5, 5.41) is 0. The first-order chi connectivity index (χ1) is 11.2. The fourth-order valence-electron chi connectivity index (χ4n) is 3.15. The summed E-state index contributed by atoms with van der Waals surface area (Å²) in [6, 6.07) is 4.06. The van der Waals surface area contributed by atoms with Crippen LogP contribution in [0.3, 0.4) is 0 Å². The molecule has 0 radical (unpaired) electrons. The third kappa shape index (κ3) is 4.56. The maximum absolute atomic E-state index is 12.2. The molecule has 5 heteroatoms. The Bertz CT molecular complexity index is 585. The molecule has 0 atom stereocenters. The van der Waals surface area contributed by atoms with Crippen molar-refractivity contribution in [2.45, 2.75) is 59.0 Å². The van der Waals surface area contributed by atoms with Gasteiger partial charge in [0, 0.05) is 13.1 Å². The molecule has 1 aromatic carbocycles. The normalized spacial score (nSPS) is 16.1. The van der Waals surface area contributed by atoms with E-state index in [-0.39, 0.29) is 6.09 Å². The molecule has 0 aromatic heterocycles. The van der Waals surface area contributed by atoms with Gasteiger partial charge in [-0.2, -0.15) is 0 Å². The Hall–Kier alpha value is -1.91. The van der Waals surface area contributed by atoms with E-state index in [1.807, 2.05) is 33.8 Å². The first-order valence-electron chi connectivity index (χ1n) is 8.72. The maximum atomic E-state index is 12.2. The second kappa shape index (κ2) is 7.32. The molecule has 0 aliphatic carbocycles. The van der Waals surface area contributed by atoms with Crippen molar-refractivity contribution in [3.05, 3.63) is 23.3 Å². The topological polar surface area (TPSA) is 64.8 Å². The number of amides is 1. The van der Waals surface area contributed by atoms with E-state index in [1.165, 1.54) is 11.1 Å². The third-order valence-corrected chi connectivity index (χ3v) is 4.28. The molecule has 1 aliphatic heterocycles. The molecule has 1 fully saturated rings. The fraction of sp³-hybridized carbons (Fsp3) is 0.632. The van der Waals surface area contributed by atoms with Crippen molar-refractivity contribution in [2.24, 2.45) is 0 Å². The highest BCUT2D eigenvalue weighted by Gasteiger charge is 2.28. The van der Waals surface area contributed by atoms with Crippen LogP contribution in [0.25, 0.3) is 0 Å². The lowest BCUT2D eigenvalue weighted by Gasteiger charge is -2.34. The summed E-state index contributed by atoms with van der Waals surface area (Å²) in [5.74, 6) is 1.18. The minimum Gasteiger partial charge on any atom is -0.492 e. The number of hydrogen-bond acceptors (Lipinski definition) is 4. The Morgan fingerprint density at radius 2 is 1.92 bits per heavy atom. The number of piperidine rings is 1. The van der Waals surface area contributed by atoms with Crippen LogP contribution in [0.2, 0.25) is 0 Å². The second-order valence-corrected chi connectivity index (χ2v) is 7.42. The lowest BCUT2D eigenvalue weighted by Crippen LogP contribution is -2.41. The van der Waals surface area contributed by atoms with Crippen LogP contribution in [0.1, 0.15) is 57.6 Å². The zero-order chi connectivity index (χ0) is 17.9. The molecular formula is C19H30N2O3. The average Bonchev–Trinajstić information content (AvgIpc) is 2.48. The number of rotatable bonds is 3. The zero-order valence-electron chi connectivity index (χ0n) is 15.5. The smallest absolute Gasteiger partial charge is 0.410 e. The summed E-state index contributed by atoms with van der Waals surface area (Å²) in [4.78, 5) is 14.0. The van der Waals surface area contributed by atoms with Gasteiger partial charge in [-0.15, -0.1) is 0 Å². The number of carbonyl (C=O) groups is 1. The van der Waals surface area contributed by atoms with Crippen molar-refractivity contribution < 1.29 is 14.3 Å². The van der Waals surface area contributed by atoms with Crippen molar-refractivity contribution in [3.8, 4) is 5.75 Å². The molecule has 1 amide bonds. The maximum Gasteiger partial charge on any atom is 0.410 e. The quantitative estimate of drug-likeness (QED) is 0.846. The number of likely N-dealkylation sites (tertiary alicyclic amines) is 1. The molecule has 0 bridgehead atoms. The SMILES string of the molecule is CCOc1cc(C2CCN(C(=O)OC(C)(C)C)CC2)c(C)cc1N. The molecule has 2 N–H and O–H groups in total. The molecule has 24 heavy (non-hydrogen) atoms. The third-order valence-electron chi connectivity index (χ3n) is 4.28. The molecule has 5 nitrogen and oxygen atoms in total. The first kappa shape index (κ1) is 18.4. The van der Waals surface area contributed by atoms with Crippen LogP contribution < -0.4 is 10.5 Å². The highest BCUT2D eigenvalue weighted by Crippen LogP contribution is 2.35. The fourth-order valence-corrected chi connectivity index (χ4v) is 3.15. The van der Waals surface area contributed by atoms with Crippen molar-refractivity contribution in [2.75, 3.05) is 25.4 Å². The number of hydrogen-bond donors (Lipinski definition) is 1. The number of nitrogens with zero attached hydrogens (tertiary/aromatic N) is 1. The highest BCUT2D eigenvalue weighted by molar-refractivity contribution is 5.68. The lowest BCUT2D eigenvalue weighted by molar-refractivity contribution is 0.0204. The van der Waals surface area contributed by atoms with E-state index in [4.69, 9.17) is 15.2 Å². The van der Waals surface area contributed by atoms with E-state index in [0.29, 0.717) is 31.3 Å². The molecule has 1 heterocycles. The van der Waals surface area contributed by atoms with Crippen LogP contribution >= 0.6 is 0 Å². The summed E-state index contributed by atoms with van der Waals surface area (Å²) in [7, 11) is 0. The lowest BCUT2D eigenvalue weighted by atomic mass is 9.86. The van der Waals surface area contributed by atoms with Gasteiger partial charge in [-0.1, -0.05) is 0 Å². The standard InChI is InChI=1S/C19H30N2O3/c1-6-23-17-12-15(13(2)11-16(17)20)14-7-9-21(10-8-14)18(22)24-19(3,4)5/h11-12,14H,6-10,20H2,1-5H3. The first-order valence-corrected chi connectivity index (χ1v) is 8.72. The van der Waals surface area contributed by atoms with E-state index in [2.05, 4.69) is 13.0 Å². The van der Waals surface area contributed by atoms with Crippen LogP contribution in [0.5, 0.6) is 5.75 Å². The Kier molecular flexibility index (Phi) is 5.62. The average molecular weight is 334 g/mol. The number of aryl methyl sites for hydroxylation is 1. The van der Waals surface area contributed by atoms with Crippen LogP contribution in [-0.4, -0.2) is 36.3 Å². The summed E-state index contributed by atoms with van der Waals surface area (Å²) < 4.78 is 11.1. The number of ether oxygens (including phenoxy) is 2. The van der Waals surface area contributed by atoms with Gasteiger partial charge < -0.3 is 20.1 Å². The van der Waals surface area contributed by atoms with Crippen molar-refractivity contribution >= 4 is 11.8 Å².